The summed E-state index contributed by atoms with van der Waals surface area (Å²) < 4.78 is 0. The van der Waals surface area contributed by atoms with Crippen LogP contribution in [0.15, 0.2) is 48.5 Å². The van der Waals surface area contributed by atoms with Crippen LogP contribution >= 0.6 is 0 Å². The van der Waals surface area contributed by atoms with E-state index in [-0.39, 0.29) is 0 Å². The smallest absolute Gasteiger partial charge is 0.254 e. The van der Waals surface area contributed by atoms with Gasteiger partial charge in [0.2, 0.25) is 0 Å². The Balaban J connectivity index is 1.99. The molecule has 4 nitrogen and oxygen atoms in total. The number of benzene rings is 2. The Hall–Kier alpha value is -2.04. The van der Waals surface area contributed by atoms with Gasteiger partial charge in [-0.1, -0.05) is 37.6 Å². The van der Waals surface area contributed by atoms with Crippen molar-refractivity contribution in [1.82, 2.24) is 0 Å². The molecule has 130 valence electrons. The summed E-state index contributed by atoms with van der Waals surface area (Å²) >= 11 is 0. The first kappa shape index (κ1) is 18.3. The molecule has 0 fully saturated rings. The highest BCUT2D eigenvalue weighted by Gasteiger charge is 2.31. The van der Waals surface area contributed by atoms with Crippen LogP contribution in [-0.2, 0) is 9.78 Å². The molecule has 0 radical (unpaired) electrons. The average Bonchev–Trinajstić information content (AvgIpc) is 2.57. The van der Waals surface area contributed by atoms with Crippen molar-refractivity contribution >= 4 is 0 Å². The molecular formula is C20H26O4. The maximum absolute atomic E-state index is 5.58. The number of unbranched alkanes of at least 4 members (excludes halogenated alkanes) is 1. The van der Waals surface area contributed by atoms with Gasteiger partial charge < -0.3 is 9.78 Å². The summed E-state index contributed by atoms with van der Waals surface area (Å²) in [6.07, 6.45) is 2.61. The van der Waals surface area contributed by atoms with Crippen LogP contribution in [0.1, 0.15) is 44.2 Å². The normalized spacial score (nSPS) is 11.3. The lowest BCUT2D eigenvalue weighted by Crippen LogP contribution is -2.35. The molecule has 0 bridgehead atoms. The summed E-state index contributed by atoms with van der Waals surface area (Å²) in [6, 6.07) is 15.3. The van der Waals surface area contributed by atoms with E-state index in [0.717, 1.165) is 24.0 Å². The first-order chi connectivity index (χ1) is 11.5. The minimum Gasteiger partial charge on any atom is -0.334 e. The fraction of sp³-hybridized carbons (Fsp3) is 0.400. The minimum absolute atomic E-state index is 0.636. The third-order valence-electron chi connectivity index (χ3n) is 3.59. The molecular weight excluding hydrogens is 304 g/mol. The largest absolute Gasteiger partial charge is 0.334 e. The zero-order chi connectivity index (χ0) is 17.4. The van der Waals surface area contributed by atoms with Crippen LogP contribution in [-0.4, -0.2) is 5.79 Å². The Morgan fingerprint density at radius 2 is 1.33 bits per heavy atom. The van der Waals surface area contributed by atoms with E-state index in [1.54, 1.807) is 0 Å². The first-order valence-corrected chi connectivity index (χ1v) is 8.35. The SMILES string of the molecule is CCCCC(C)(OOc1cccc(C)c1)OOc1cccc(C)c1. The zero-order valence-electron chi connectivity index (χ0n) is 14.9. The van der Waals surface area contributed by atoms with Gasteiger partial charge in [0, 0.05) is 6.42 Å². The Kier molecular flexibility index (Phi) is 6.64. The fourth-order valence-electron chi connectivity index (χ4n) is 2.20. The zero-order valence-corrected chi connectivity index (χ0v) is 14.9. The van der Waals surface area contributed by atoms with E-state index in [9.17, 15) is 0 Å². The van der Waals surface area contributed by atoms with E-state index in [2.05, 4.69) is 6.92 Å². The van der Waals surface area contributed by atoms with Gasteiger partial charge in [0.05, 0.1) is 0 Å². The van der Waals surface area contributed by atoms with Gasteiger partial charge in [-0.05, 0) is 62.6 Å². The lowest BCUT2D eigenvalue weighted by molar-refractivity contribution is -0.452. The van der Waals surface area contributed by atoms with Gasteiger partial charge in [0.25, 0.3) is 5.79 Å². The predicted octanol–water partition coefficient (Wildman–Crippen LogP) is 5.53. The Bertz CT molecular complexity index is 590. The summed E-state index contributed by atoms with van der Waals surface area (Å²) in [4.78, 5) is 22.1. The molecule has 0 saturated carbocycles. The summed E-state index contributed by atoms with van der Waals surface area (Å²) in [6.45, 7) is 7.93. The number of hydrogen-bond acceptors (Lipinski definition) is 4. The molecule has 2 rings (SSSR count). The number of hydrogen-bond donors (Lipinski definition) is 0. The van der Waals surface area contributed by atoms with Gasteiger partial charge in [-0.3, -0.25) is 0 Å². The van der Waals surface area contributed by atoms with E-state index < -0.39 is 5.79 Å². The third kappa shape index (κ3) is 5.87. The minimum atomic E-state index is -0.997. The second-order valence-electron chi connectivity index (χ2n) is 6.20. The summed E-state index contributed by atoms with van der Waals surface area (Å²) in [5.41, 5.74) is 2.20. The van der Waals surface area contributed by atoms with Crippen LogP contribution in [0.2, 0.25) is 0 Å². The Morgan fingerprint density at radius 1 is 0.833 bits per heavy atom. The van der Waals surface area contributed by atoms with Crippen molar-refractivity contribution in [2.75, 3.05) is 0 Å². The predicted molar refractivity (Wildman–Crippen MR) is 93.7 cm³/mol. The van der Waals surface area contributed by atoms with Gasteiger partial charge in [-0.2, -0.15) is 0 Å². The standard InChI is InChI=1S/C20H26O4/c1-5-6-13-20(4,23-21-18-11-7-9-16(2)14-18)24-22-19-12-8-10-17(3)15-19/h7-12,14-15H,5-6,13H2,1-4H3. The highest BCUT2D eigenvalue weighted by molar-refractivity contribution is 5.27. The topological polar surface area (TPSA) is 36.9 Å². The molecule has 0 aliphatic carbocycles. The van der Waals surface area contributed by atoms with Gasteiger partial charge in [-0.25, -0.2) is 0 Å². The number of rotatable bonds is 9. The van der Waals surface area contributed by atoms with Crippen LogP contribution in [0, 0.1) is 13.8 Å². The highest BCUT2D eigenvalue weighted by Crippen LogP contribution is 2.25. The Morgan fingerprint density at radius 3 is 1.75 bits per heavy atom. The van der Waals surface area contributed by atoms with E-state index in [0.29, 0.717) is 17.9 Å². The molecule has 0 saturated heterocycles. The van der Waals surface area contributed by atoms with Crippen LogP contribution in [0.3, 0.4) is 0 Å². The molecule has 0 aliphatic rings. The lowest BCUT2D eigenvalue weighted by Gasteiger charge is -2.26. The molecule has 4 heteroatoms. The molecule has 2 aromatic carbocycles. The van der Waals surface area contributed by atoms with E-state index >= 15 is 0 Å². The molecule has 0 atom stereocenters. The molecule has 0 N–H and O–H groups in total. The number of aryl methyl sites for hydroxylation is 2. The van der Waals surface area contributed by atoms with Crippen LogP contribution in [0.4, 0.5) is 0 Å². The molecule has 24 heavy (non-hydrogen) atoms. The molecule has 0 heterocycles. The van der Waals surface area contributed by atoms with Crippen molar-refractivity contribution in [2.45, 2.75) is 52.7 Å². The Labute approximate surface area is 144 Å². The maximum Gasteiger partial charge on any atom is 0.254 e. The lowest BCUT2D eigenvalue weighted by atomic mass is 10.1. The van der Waals surface area contributed by atoms with Crippen molar-refractivity contribution in [2.24, 2.45) is 0 Å². The maximum atomic E-state index is 5.58. The second kappa shape index (κ2) is 8.71. The van der Waals surface area contributed by atoms with Crippen molar-refractivity contribution in [3.8, 4) is 11.5 Å². The van der Waals surface area contributed by atoms with Crippen molar-refractivity contribution in [1.29, 1.82) is 0 Å². The van der Waals surface area contributed by atoms with E-state index in [1.807, 2.05) is 69.3 Å². The second-order valence-corrected chi connectivity index (χ2v) is 6.20. The van der Waals surface area contributed by atoms with Crippen molar-refractivity contribution in [3.05, 3.63) is 59.7 Å². The van der Waals surface area contributed by atoms with Gasteiger partial charge in [-0.15, -0.1) is 9.78 Å². The fourth-order valence-corrected chi connectivity index (χ4v) is 2.20. The average molecular weight is 330 g/mol. The third-order valence-corrected chi connectivity index (χ3v) is 3.59. The molecule has 0 amide bonds. The summed E-state index contributed by atoms with van der Waals surface area (Å²) in [5.74, 6) is 0.275. The van der Waals surface area contributed by atoms with Crippen molar-refractivity contribution < 1.29 is 19.6 Å². The van der Waals surface area contributed by atoms with E-state index in [4.69, 9.17) is 19.6 Å². The van der Waals surface area contributed by atoms with E-state index in [1.165, 1.54) is 0 Å². The monoisotopic (exact) mass is 330 g/mol. The first-order valence-electron chi connectivity index (χ1n) is 8.35. The highest BCUT2D eigenvalue weighted by atomic mass is 17.3. The van der Waals surface area contributed by atoms with Crippen molar-refractivity contribution in [3.63, 3.8) is 0 Å². The van der Waals surface area contributed by atoms with Crippen LogP contribution in [0.5, 0.6) is 11.5 Å². The van der Waals surface area contributed by atoms with Crippen LogP contribution in [0.25, 0.3) is 0 Å². The summed E-state index contributed by atoms with van der Waals surface area (Å²) in [7, 11) is 0. The molecule has 0 aliphatic heterocycles. The van der Waals surface area contributed by atoms with Gasteiger partial charge in [0.15, 0.2) is 11.5 Å². The molecule has 2 aromatic rings. The molecule has 0 unspecified atom stereocenters. The van der Waals surface area contributed by atoms with Crippen LogP contribution < -0.4 is 9.78 Å². The molecule has 0 aromatic heterocycles. The quantitative estimate of drug-likeness (QED) is 0.344. The van der Waals surface area contributed by atoms with Gasteiger partial charge >= 0.3 is 0 Å². The summed E-state index contributed by atoms with van der Waals surface area (Å²) in [5, 5.41) is 0. The van der Waals surface area contributed by atoms with Gasteiger partial charge in [0.1, 0.15) is 0 Å². The molecule has 0 spiro atoms.